The first kappa shape index (κ1) is 10.5. The van der Waals surface area contributed by atoms with Gasteiger partial charge in [0.25, 0.3) is 0 Å². The van der Waals surface area contributed by atoms with Crippen LogP contribution >= 0.6 is 0 Å². The molecule has 17 heavy (non-hydrogen) atoms. The van der Waals surface area contributed by atoms with E-state index in [9.17, 15) is 5.11 Å². The number of para-hydroxylation sites is 1. The van der Waals surface area contributed by atoms with Crippen LogP contribution in [-0.2, 0) is 0 Å². The van der Waals surface area contributed by atoms with Gasteiger partial charge in [0.05, 0.1) is 23.5 Å². The summed E-state index contributed by atoms with van der Waals surface area (Å²) in [5, 5.41) is 10.7. The van der Waals surface area contributed by atoms with E-state index in [0.717, 1.165) is 37.1 Å². The second kappa shape index (κ2) is 4.34. The van der Waals surface area contributed by atoms with E-state index < -0.39 is 0 Å². The van der Waals surface area contributed by atoms with Crippen molar-refractivity contribution >= 4 is 16.6 Å². The molecule has 1 aromatic heterocycles. The third-order valence-corrected chi connectivity index (χ3v) is 3.41. The molecule has 0 bridgehead atoms. The summed E-state index contributed by atoms with van der Waals surface area (Å²) in [4.78, 5) is 6.77. The highest BCUT2D eigenvalue weighted by Gasteiger charge is 2.17. The van der Waals surface area contributed by atoms with Crippen LogP contribution in [-0.4, -0.2) is 29.3 Å². The van der Waals surface area contributed by atoms with Crippen LogP contribution in [0.4, 0.5) is 5.69 Å². The Morgan fingerprint density at radius 1 is 1.18 bits per heavy atom. The molecule has 3 nitrogen and oxygen atoms in total. The molecule has 2 aromatic rings. The Kier molecular flexibility index (Phi) is 2.69. The second-order valence-corrected chi connectivity index (χ2v) is 4.60. The number of fused-ring (bicyclic) bond motifs is 1. The minimum absolute atomic E-state index is 0.125. The van der Waals surface area contributed by atoms with Gasteiger partial charge in [-0.1, -0.05) is 18.2 Å². The lowest BCUT2D eigenvalue weighted by molar-refractivity contribution is 0.145. The van der Waals surface area contributed by atoms with Crippen LogP contribution < -0.4 is 4.90 Å². The molecule has 1 aliphatic rings. The summed E-state index contributed by atoms with van der Waals surface area (Å²) >= 11 is 0. The summed E-state index contributed by atoms with van der Waals surface area (Å²) in [7, 11) is 0. The smallest absolute Gasteiger partial charge is 0.0703 e. The van der Waals surface area contributed by atoms with E-state index >= 15 is 0 Å². The number of piperidine rings is 1. The van der Waals surface area contributed by atoms with E-state index in [1.807, 2.05) is 24.4 Å². The van der Waals surface area contributed by atoms with Crippen LogP contribution in [0.5, 0.6) is 0 Å². The zero-order valence-electron chi connectivity index (χ0n) is 9.71. The van der Waals surface area contributed by atoms with Crippen molar-refractivity contribution in [2.75, 3.05) is 18.0 Å². The third-order valence-electron chi connectivity index (χ3n) is 3.41. The number of benzene rings is 1. The number of aliphatic hydroxyl groups excluding tert-OH is 1. The summed E-state index contributed by atoms with van der Waals surface area (Å²) in [6.07, 6.45) is 3.51. The van der Waals surface area contributed by atoms with Gasteiger partial charge in [0, 0.05) is 18.5 Å². The minimum Gasteiger partial charge on any atom is -0.393 e. The van der Waals surface area contributed by atoms with Crippen molar-refractivity contribution in [3.05, 3.63) is 36.5 Å². The van der Waals surface area contributed by atoms with Gasteiger partial charge in [-0.15, -0.1) is 0 Å². The molecule has 0 saturated carbocycles. The quantitative estimate of drug-likeness (QED) is 0.813. The fourth-order valence-electron chi connectivity index (χ4n) is 2.36. The molecule has 3 rings (SSSR count). The van der Waals surface area contributed by atoms with Gasteiger partial charge >= 0.3 is 0 Å². The molecule has 0 spiro atoms. The number of rotatable bonds is 1. The average molecular weight is 228 g/mol. The number of nitrogens with zero attached hydrogens (tertiary/aromatic N) is 2. The Morgan fingerprint density at radius 2 is 1.94 bits per heavy atom. The van der Waals surface area contributed by atoms with Crippen LogP contribution in [0, 0.1) is 0 Å². The van der Waals surface area contributed by atoms with Gasteiger partial charge in [0.15, 0.2) is 0 Å². The Bertz CT molecular complexity index is 518. The molecular formula is C14H16N2O. The van der Waals surface area contributed by atoms with Gasteiger partial charge in [-0.05, 0) is 25.0 Å². The predicted molar refractivity (Wildman–Crippen MR) is 69.2 cm³/mol. The molecule has 88 valence electrons. The molecule has 0 amide bonds. The summed E-state index contributed by atoms with van der Waals surface area (Å²) < 4.78 is 0. The van der Waals surface area contributed by atoms with E-state index in [2.05, 4.69) is 22.0 Å². The molecule has 1 N–H and O–H groups in total. The minimum atomic E-state index is -0.125. The molecule has 1 aliphatic heterocycles. The van der Waals surface area contributed by atoms with E-state index in [0.29, 0.717) is 0 Å². The van der Waals surface area contributed by atoms with E-state index in [1.54, 1.807) is 0 Å². The van der Waals surface area contributed by atoms with Crippen molar-refractivity contribution in [1.29, 1.82) is 0 Å². The van der Waals surface area contributed by atoms with E-state index in [-0.39, 0.29) is 6.10 Å². The zero-order valence-corrected chi connectivity index (χ0v) is 9.71. The van der Waals surface area contributed by atoms with Crippen molar-refractivity contribution in [1.82, 2.24) is 4.98 Å². The van der Waals surface area contributed by atoms with E-state index in [1.165, 1.54) is 5.39 Å². The lowest BCUT2D eigenvalue weighted by Gasteiger charge is -2.31. The Morgan fingerprint density at radius 3 is 2.76 bits per heavy atom. The lowest BCUT2D eigenvalue weighted by Crippen LogP contribution is -2.35. The first-order chi connectivity index (χ1) is 8.33. The summed E-state index contributed by atoms with van der Waals surface area (Å²) in [5.41, 5.74) is 2.20. The van der Waals surface area contributed by atoms with Crippen LogP contribution in [0.3, 0.4) is 0 Å². The highest BCUT2D eigenvalue weighted by molar-refractivity contribution is 5.81. The number of aromatic nitrogens is 1. The molecule has 0 aliphatic carbocycles. The molecule has 0 atom stereocenters. The van der Waals surface area contributed by atoms with Gasteiger partial charge in [0.1, 0.15) is 0 Å². The topological polar surface area (TPSA) is 36.4 Å². The summed E-state index contributed by atoms with van der Waals surface area (Å²) in [6.45, 7) is 1.84. The van der Waals surface area contributed by atoms with Crippen molar-refractivity contribution in [2.24, 2.45) is 0 Å². The standard InChI is InChI=1S/C14H16N2O/c17-13-5-7-16(8-6-13)12-9-11-3-1-2-4-14(11)15-10-12/h1-4,9-10,13,17H,5-8H2. The maximum Gasteiger partial charge on any atom is 0.0703 e. The first-order valence-corrected chi connectivity index (χ1v) is 6.11. The number of pyridine rings is 1. The Hall–Kier alpha value is -1.61. The highest BCUT2D eigenvalue weighted by Crippen LogP contribution is 2.22. The number of aliphatic hydroxyl groups is 1. The predicted octanol–water partition coefficient (Wildman–Crippen LogP) is 2.20. The lowest BCUT2D eigenvalue weighted by atomic mass is 10.1. The maximum atomic E-state index is 9.50. The molecule has 3 heteroatoms. The fourth-order valence-corrected chi connectivity index (χ4v) is 2.36. The van der Waals surface area contributed by atoms with Crippen LogP contribution in [0.25, 0.3) is 10.9 Å². The van der Waals surface area contributed by atoms with Crippen LogP contribution in [0.2, 0.25) is 0 Å². The van der Waals surface area contributed by atoms with Crippen molar-refractivity contribution < 1.29 is 5.11 Å². The van der Waals surface area contributed by atoms with Crippen LogP contribution in [0.1, 0.15) is 12.8 Å². The molecule has 1 saturated heterocycles. The van der Waals surface area contributed by atoms with Gasteiger partial charge in [-0.3, -0.25) is 4.98 Å². The largest absolute Gasteiger partial charge is 0.393 e. The SMILES string of the molecule is OC1CCN(c2cnc3ccccc3c2)CC1. The summed E-state index contributed by atoms with van der Waals surface area (Å²) in [6, 6.07) is 10.3. The highest BCUT2D eigenvalue weighted by atomic mass is 16.3. The number of hydrogen-bond acceptors (Lipinski definition) is 3. The van der Waals surface area contributed by atoms with Gasteiger partial charge in [-0.2, -0.15) is 0 Å². The van der Waals surface area contributed by atoms with Gasteiger partial charge < -0.3 is 10.0 Å². The number of anilines is 1. The summed E-state index contributed by atoms with van der Waals surface area (Å²) in [5.74, 6) is 0. The molecule has 0 radical (unpaired) electrons. The van der Waals surface area contributed by atoms with Crippen molar-refractivity contribution in [3.63, 3.8) is 0 Å². The fraction of sp³-hybridized carbons (Fsp3) is 0.357. The Balaban J connectivity index is 1.90. The van der Waals surface area contributed by atoms with Gasteiger partial charge in [-0.25, -0.2) is 0 Å². The van der Waals surface area contributed by atoms with Crippen LogP contribution in [0.15, 0.2) is 36.5 Å². The first-order valence-electron chi connectivity index (χ1n) is 6.11. The normalized spacial score (nSPS) is 17.6. The van der Waals surface area contributed by atoms with Gasteiger partial charge in [0.2, 0.25) is 0 Å². The molecule has 1 fully saturated rings. The number of hydrogen-bond donors (Lipinski definition) is 1. The maximum absolute atomic E-state index is 9.50. The van der Waals surface area contributed by atoms with Crippen molar-refractivity contribution in [2.45, 2.75) is 18.9 Å². The van der Waals surface area contributed by atoms with Crippen molar-refractivity contribution in [3.8, 4) is 0 Å². The average Bonchev–Trinajstić information content (AvgIpc) is 2.39. The monoisotopic (exact) mass is 228 g/mol. The molecule has 1 aromatic carbocycles. The second-order valence-electron chi connectivity index (χ2n) is 4.60. The third kappa shape index (κ3) is 2.11. The Labute approximate surface area is 101 Å². The molecule has 0 unspecified atom stereocenters. The molecular weight excluding hydrogens is 212 g/mol. The zero-order chi connectivity index (χ0) is 11.7. The van der Waals surface area contributed by atoms with E-state index in [4.69, 9.17) is 0 Å². The molecule has 2 heterocycles.